The summed E-state index contributed by atoms with van der Waals surface area (Å²) in [5, 5.41) is 9.25. The minimum Gasteiger partial charge on any atom is -0.394 e. The van der Waals surface area contributed by atoms with Crippen molar-refractivity contribution in [3.63, 3.8) is 0 Å². The van der Waals surface area contributed by atoms with Gasteiger partial charge in [-0.1, -0.05) is 29.8 Å². The van der Waals surface area contributed by atoms with E-state index in [9.17, 15) is 5.11 Å². The van der Waals surface area contributed by atoms with Crippen LogP contribution in [0.15, 0.2) is 24.3 Å². The molecule has 1 aromatic rings. The van der Waals surface area contributed by atoms with E-state index in [1.54, 1.807) is 0 Å². The second-order valence-corrected chi connectivity index (χ2v) is 5.14. The Bertz CT molecular complexity index is 403. The topological polar surface area (TPSA) is 32.7 Å². The van der Waals surface area contributed by atoms with E-state index in [2.05, 4.69) is 36.1 Å². The highest BCUT2D eigenvalue weighted by Gasteiger charge is 2.41. The normalized spacial score (nSPS) is 29.8. The van der Waals surface area contributed by atoms with Crippen molar-refractivity contribution in [1.82, 2.24) is 4.90 Å². The van der Waals surface area contributed by atoms with Crippen LogP contribution in [-0.2, 0) is 4.74 Å². The second kappa shape index (κ2) is 4.41. The number of aryl methyl sites for hydroxylation is 1. The third-order valence-electron chi connectivity index (χ3n) is 3.58. The first-order chi connectivity index (χ1) is 8.28. The van der Waals surface area contributed by atoms with Gasteiger partial charge in [-0.2, -0.15) is 0 Å². The van der Waals surface area contributed by atoms with Crippen LogP contribution in [-0.4, -0.2) is 35.3 Å². The lowest BCUT2D eigenvalue weighted by molar-refractivity contribution is -0.0216. The van der Waals surface area contributed by atoms with Crippen molar-refractivity contribution in [2.24, 2.45) is 0 Å². The summed E-state index contributed by atoms with van der Waals surface area (Å²) in [6.45, 7) is 3.08. The molecule has 0 amide bonds. The van der Waals surface area contributed by atoms with Gasteiger partial charge in [-0.3, -0.25) is 4.90 Å². The maximum absolute atomic E-state index is 9.25. The van der Waals surface area contributed by atoms with E-state index in [1.165, 1.54) is 24.0 Å². The van der Waals surface area contributed by atoms with Crippen molar-refractivity contribution in [2.75, 3.05) is 13.2 Å². The summed E-state index contributed by atoms with van der Waals surface area (Å²) in [7, 11) is 0. The SMILES string of the molecule is Cc1cccc(C2OC(CO)CN2C2CC2)c1. The fourth-order valence-electron chi connectivity index (χ4n) is 2.58. The fraction of sp³-hybridized carbons (Fsp3) is 0.571. The average molecular weight is 233 g/mol. The number of aliphatic hydroxyl groups is 1. The van der Waals surface area contributed by atoms with Crippen LogP contribution in [0.2, 0.25) is 0 Å². The highest BCUT2D eigenvalue weighted by Crippen LogP contribution is 2.39. The molecule has 1 aliphatic carbocycles. The zero-order chi connectivity index (χ0) is 11.8. The minimum absolute atomic E-state index is 0.0267. The van der Waals surface area contributed by atoms with Gasteiger partial charge >= 0.3 is 0 Å². The molecule has 2 atom stereocenters. The van der Waals surface area contributed by atoms with Gasteiger partial charge in [0.25, 0.3) is 0 Å². The molecule has 17 heavy (non-hydrogen) atoms. The third-order valence-corrected chi connectivity index (χ3v) is 3.58. The van der Waals surface area contributed by atoms with Gasteiger partial charge in [-0.25, -0.2) is 0 Å². The number of benzene rings is 1. The minimum atomic E-state index is -0.0267. The number of aliphatic hydroxyl groups excluding tert-OH is 1. The number of hydrogen-bond donors (Lipinski definition) is 1. The number of hydrogen-bond acceptors (Lipinski definition) is 3. The summed E-state index contributed by atoms with van der Waals surface area (Å²) >= 11 is 0. The zero-order valence-electron chi connectivity index (χ0n) is 10.2. The Kier molecular flexibility index (Phi) is 2.90. The smallest absolute Gasteiger partial charge is 0.137 e. The zero-order valence-corrected chi connectivity index (χ0v) is 10.2. The molecule has 1 heterocycles. The highest BCUT2D eigenvalue weighted by molar-refractivity contribution is 5.25. The number of ether oxygens (including phenoxy) is 1. The van der Waals surface area contributed by atoms with Gasteiger partial charge in [0.1, 0.15) is 6.23 Å². The van der Waals surface area contributed by atoms with E-state index in [0.29, 0.717) is 6.04 Å². The molecule has 1 saturated heterocycles. The Labute approximate surface area is 102 Å². The van der Waals surface area contributed by atoms with Gasteiger partial charge in [0.15, 0.2) is 0 Å². The highest BCUT2D eigenvalue weighted by atomic mass is 16.5. The Balaban J connectivity index is 1.84. The molecule has 2 unspecified atom stereocenters. The predicted octanol–water partition coefficient (Wildman–Crippen LogP) is 1.85. The quantitative estimate of drug-likeness (QED) is 0.865. The van der Waals surface area contributed by atoms with Gasteiger partial charge in [-0.15, -0.1) is 0 Å². The van der Waals surface area contributed by atoms with Crippen LogP contribution in [0, 0.1) is 6.92 Å². The molecule has 3 nitrogen and oxygen atoms in total. The standard InChI is InChI=1S/C14H19NO2/c1-10-3-2-4-11(7-10)14-15(12-5-6-12)8-13(9-16)17-14/h2-4,7,12-14,16H,5-6,8-9H2,1H3. The molecular weight excluding hydrogens is 214 g/mol. The molecule has 2 fully saturated rings. The molecule has 0 spiro atoms. The first kappa shape index (κ1) is 11.2. The van der Waals surface area contributed by atoms with E-state index < -0.39 is 0 Å². The molecule has 92 valence electrons. The summed E-state index contributed by atoms with van der Waals surface area (Å²) < 4.78 is 5.94. The van der Waals surface area contributed by atoms with Crippen LogP contribution < -0.4 is 0 Å². The van der Waals surface area contributed by atoms with Crippen LogP contribution in [0.4, 0.5) is 0 Å². The van der Waals surface area contributed by atoms with Crippen molar-refractivity contribution < 1.29 is 9.84 Å². The van der Waals surface area contributed by atoms with Crippen molar-refractivity contribution in [3.05, 3.63) is 35.4 Å². The molecule has 1 aliphatic heterocycles. The third kappa shape index (κ3) is 2.23. The lowest BCUT2D eigenvalue weighted by Crippen LogP contribution is -2.27. The van der Waals surface area contributed by atoms with E-state index >= 15 is 0 Å². The molecule has 0 radical (unpaired) electrons. The van der Waals surface area contributed by atoms with Crippen LogP contribution >= 0.6 is 0 Å². The Morgan fingerprint density at radius 2 is 2.24 bits per heavy atom. The molecule has 0 bridgehead atoms. The summed E-state index contributed by atoms with van der Waals surface area (Å²) in [5.41, 5.74) is 2.47. The maximum Gasteiger partial charge on any atom is 0.137 e. The van der Waals surface area contributed by atoms with E-state index in [4.69, 9.17) is 4.74 Å². The van der Waals surface area contributed by atoms with Crippen molar-refractivity contribution in [1.29, 1.82) is 0 Å². The summed E-state index contributed by atoms with van der Waals surface area (Å²) in [6.07, 6.45) is 2.55. The van der Waals surface area contributed by atoms with Gasteiger partial charge < -0.3 is 9.84 Å². The Morgan fingerprint density at radius 3 is 2.88 bits per heavy atom. The summed E-state index contributed by atoms with van der Waals surface area (Å²) in [5.74, 6) is 0. The van der Waals surface area contributed by atoms with Gasteiger partial charge in [0, 0.05) is 12.6 Å². The number of rotatable bonds is 3. The van der Waals surface area contributed by atoms with Crippen molar-refractivity contribution in [2.45, 2.75) is 38.1 Å². The number of nitrogens with zero attached hydrogens (tertiary/aromatic N) is 1. The first-order valence-corrected chi connectivity index (χ1v) is 6.36. The molecule has 1 saturated carbocycles. The molecule has 0 aromatic heterocycles. The summed E-state index contributed by atoms with van der Waals surface area (Å²) in [4.78, 5) is 2.40. The monoisotopic (exact) mass is 233 g/mol. The molecule has 1 aromatic carbocycles. The lowest BCUT2D eigenvalue weighted by Gasteiger charge is -2.22. The lowest BCUT2D eigenvalue weighted by atomic mass is 10.1. The maximum atomic E-state index is 9.25. The second-order valence-electron chi connectivity index (χ2n) is 5.14. The van der Waals surface area contributed by atoms with Crippen LogP contribution in [0.1, 0.15) is 30.2 Å². The van der Waals surface area contributed by atoms with E-state index in [0.717, 1.165) is 6.54 Å². The van der Waals surface area contributed by atoms with Crippen molar-refractivity contribution >= 4 is 0 Å². The van der Waals surface area contributed by atoms with Crippen LogP contribution in [0.25, 0.3) is 0 Å². The Morgan fingerprint density at radius 1 is 1.41 bits per heavy atom. The van der Waals surface area contributed by atoms with E-state index in [1.807, 2.05) is 0 Å². The van der Waals surface area contributed by atoms with Crippen LogP contribution in [0.5, 0.6) is 0 Å². The van der Waals surface area contributed by atoms with E-state index in [-0.39, 0.29) is 18.9 Å². The van der Waals surface area contributed by atoms with Crippen LogP contribution in [0.3, 0.4) is 0 Å². The average Bonchev–Trinajstić information content (AvgIpc) is 3.08. The largest absolute Gasteiger partial charge is 0.394 e. The molecule has 3 heteroatoms. The molecule has 2 aliphatic rings. The summed E-state index contributed by atoms with van der Waals surface area (Å²) in [6, 6.07) is 9.14. The Hall–Kier alpha value is -0.900. The molecular formula is C14H19NO2. The molecule has 3 rings (SSSR count). The van der Waals surface area contributed by atoms with Gasteiger partial charge in [0.2, 0.25) is 0 Å². The van der Waals surface area contributed by atoms with Crippen molar-refractivity contribution in [3.8, 4) is 0 Å². The molecule has 1 N–H and O–H groups in total. The first-order valence-electron chi connectivity index (χ1n) is 6.36. The fourth-order valence-corrected chi connectivity index (χ4v) is 2.58. The van der Waals surface area contributed by atoms with Gasteiger partial charge in [0.05, 0.1) is 12.7 Å². The predicted molar refractivity (Wildman–Crippen MR) is 65.6 cm³/mol. The van der Waals surface area contributed by atoms with Gasteiger partial charge in [-0.05, 0) is 25.3 Å².